The number of rotatable bonds is 6. The number of nitrogens with two attached hydrogens (primary N) is 1. The maximum atomic E-state index is 12.1. The van der Waals surface area contributed by atoms with E-state index in [0.29, 0.717) is 17.9 Å². The maximum absolute atomic E-state index is 12.1. The summed E-state index contributed by atoms with van der Waals surface area (Å²) in [4.78, 5) is 12.1. The van der Waals surface area contributed by atoms with Gasteiger partial charge in [-0.2, -0.15) is 0 Å². The van der Waals surface area contributed by atoms with E-state index in [0.717, 1.165) is 31.7 Å². The van der Waals surface area contributed by atoms with Crippen LogP contribution in [0.2, 0.25) is 0 Å². The number of hydrogen-bond acceptors (Lipinski definition) is 2. The summed E-state index contributed by atoms with van der Waals surface area (Å²) in [7, 11) is 0. The van der Waals surface area contributed by atoms with Crippen LogP contribution in [0.3, 0.4) is 0 Å². The zero-order valence-corrected chi connectivity index (χ0v) is 12.8. The van der Waals surface area contributed by atoms with Crippen LogP contribution in [0.25, 0.3) is 0 Å². The van der Waals surface area contributed by atoms with Crippen molar-refractivity contribution in [3.05, 3.63) is 0 Å². The van der Waals surface area contributed by atoms with Crippen molar-refractivity contribution in [1.29, 1.82) is 0 Å². The minimum atomic E-state index is 0.240. The molecule has 0 saturated heterocycles. The summed E-state index contributed by atoms with van der Waals surface area (Å²) in [6, 6.07) is 0.362. The highest BCUT2D eigenvalue weighted by atomic mass is 16.1. The van der Waals surface area contributed by atoms with Gasteiger partial charge in [0.15, 0.2) is 0 Å². The van der Waals surface area contributed by atoms with Crippen molar-refractivity contribution >= 4 is 5.91 Å². The highest BCUT2D eigenvalue weighted by Crippen LogP contribution is 2.62. The molecule has 2 aliphatic carbocycles. The standard InChI is InChI=1S/C16H30N2O/c1-15(2)12-8-9-16(3,11-12)14(15)18-13(19)7-5-4-6-10-17/h12,14H,4-11,17H2,1-3H3,(H,18,19). The van der Waals surface area contributed by atoms with Gasteiger partial charge in [0, 0.05) is 12.5 Å². The van der Waals surface area contributed by atoms with Gasteiger partial charge in [-0.3, -0.25) is 4.79 Å². The molecule has 3 nitrogen and oxygen atoms in total. The zero-order valence-electron chi connectivity index (χ0n) is 12.8. The molecule has 1 amide bonds. The molecule has 110 valence electrons. The fourth-order valence-corrected chi connectivity index (χ4v) is 4.50. The smallest absolute Gasteiger partial charge is 0.220 e. The first-order valence-corrected chi connectivity index (χ1v) is 7.89. The van der Waals surface area contributed by atoms with Gasteiger partial charge in [0.2, 0.25) is 5.91 Å². The number of carbonyl (C=O) groups is 1. The molecule has 19 heavy (non-hydrogen) atoms. The van der Waals surface area contributed by atoms with Crippen molar-refractivity contribution in [2.75, 3.05) is 6.54 Å². The molecular formula is C16H30N2O. The number of fused-ring (bicyclic) bond motifs is 2. The molecule has 2 bridgehead atoms. The topological polar surface area (TPSA) is 55.1 Å². The quantitative estimate of drug-likeness (QED) is 0.726. The van der Waals surface area contributed by atoms with Crippen LogP contribution in [0.5, 0.6) is 0 Å². The van der Waals surface area contributed by atoms with E-state index in [1.807, 2.05) is 0 Å². The predicted molar refractivity (Wildman–Crippen MR) is 78.7 cm³/mol. The second-order valence-electron chi connectivity index (χ2n) is 7.51. The third-order valence-electron chi connectivity index (χ3n) is 5.68. The van der Waals surface area contributed by atoms with Gasteiger partial charge < -0.3 is 11.1 Å². The van der Waals surface area contributed by atoms with Gasteiger partial charge in [-0.1, -0.05) is 27.2 Å². The molecule has 3 N–H and O–H groups in total. The predicted octanol–water partition coefficient (Wildman–Crippen LogP) is 2.84. The highest BCUT2D eigenvalue weighted by Gasteiger charge is 2.59. The van der Waals surface area contributed by atoms with Gasteiger partial charge in [-0.05, 0) is 55.4 Å². The number of amides is 1. The van der Waals surface area contributed by atoms with E-state index in [-0.39, 0.29) is 11.3 Å². The van der Waals surface area contributed by atoms with E-state index in [2.05, 4.69) is 26.1 Å². The molecule has 0 aromatic carbocycles. The monoisotopic (exact) mass is 266 g/mol. The Morgan fingerprint density at radius 1 is 1.26 bits per heavy atom. The summed E-state index contributed by atoms with van der Waals surface area (Å²) in [5.74, 6) is 1.03. The summed E-state index contributed by atoms with van der Waals surface area (Å²) in [5.41, 5.74) is 6.07. The van der Waals surface area contributed by atoms with E-state index in [1.165, 1.54) is 19.3 Å². The number of carbonyl (C=O) groups excluding carboxylic acids is 1. The Morgan fingerprint density at radius 3 is 2.58 bits per heavy atom. The molecule has 3 heteroatoms. The first-order valence-electron chi connectivity index (χ1n) is 7.89. The lowest BCUT2D eigenvalue weighted by Crippen LogP contribution is -2.52. The Bertz CT molecular complexity index is 335. The maximum Gasteiger partial charge on any atom is 0.220 e. The van der Waals surface area contributed by atoms with Gasteiger partial charge in [0.1, 0.15) is 0 Å². The van der Waals surface area contributed by atoms with E-state index in [1.54, 1.807) is 0 Å². The molecule has 2 rings (SSSR count). The molecular weight excluding hydrogens is 236 g/mol. The van der Waals surface area contributed by atoms with Crippen LogP contribution in [0.15, 0.2) is 0 Å². The Kier molecular flexibility index (Phi) is 4.24. The molecule has 2 saturated carbocycles. The first-order chi connectivity index (χ1) is 8.90. The van der Waals surface area contributed by atoms with Crippen LogP contribution in [-0.4, -0.2) is 18.5 Å². The summed E-state index contributed by atoms with van der Waals surface area (Å²) in [6.07, 6.45) is 7.63. The molecule has 0 aliphatic heterocycles. The molecule has 0 spiro atoms. The zero-order chi connectivity index (χ0) is 14.1. The van der Waals surface area contributed by atoms with Crippen molar-refractivity contribution in [2.24, 2.45) is 22.5 Å². The van der Waals surface area contributed by atoms with E-state index < -0.39 is 0 Å². The lowest BCUT2D eigenvalue weighted by molar-refractivity contribution is -0.124. The van der Waals surface area contributed by atoms with Gasteiger partial charge in [0.25, 0.3) is 0 Å². The molecule has 2 fully saturated rings. The van der Waals surface area contributed by atoms with Gasteiger partial charge in [0.05, 0.1) is 0 Å². The summed E-state index contributed by atoms with van der Waals surface area (Å²) >= 11 is 0. The lowest BCUT2D eigenvalue weighted by Gasteiger charge is -2.43. The second kappa shape index (κ2) is 5.43. The van der Waals surface area contributed by atoms with E-state index >= 15 is 0 Å². The van der Waals surface area contributed by atoms with E-state index in [4.69, 9.17) is 5.73 Å². The minimum Gasteiger partial charge on any atom is -0.352 e. The van der Waals surface area contributed by atoms with Gasteiger partial charge in [-0.25, -0.2) is 0 Å². The summed E-state index contributed by atoms with van der Waals surface area (Å²) < 4.78 is 0. The Morgan fingerprint density at radius 2 is 2.00 bits per heavy atom. The van der Waals surface area contributed by atoms with Crippen molar-refractivity contribution < 1.29 is 4.79 Å². The van der Waals surface area contributed by atoms with Crippen LogP contribution in [0.1, 0.15) is 65.7 Å². The third-order valence-corrected chi connectivity index (χ3v) is 5.68. The number of hydrogen-bond donors (Lipinski definition) is 2. The molecule has 3 atom stereocenters. The summed E-state index contributed by atoms with van der Waals surface area (Å²) in [6.45, 7) is 7.76. The van der Waals surface area contributed by atoms with Crippen molar-refractivity contribution in [3.63, 3.8) is 0 Å². The van der Waals surface area contributed by atoms with Crippen LogP contribution < -0.4 is 11.1 Å². The van der Waals surface area contributed by atoms with Crippen molar-refractivity contribution in [2.45, 2.75) is 71.8 Å². The molecule has 0 aromatic heterocycles. The molecule has 3 unspecified atom stereocenters. The normalized spacial score (nSPS) is 35.6. The number of nitrogens with one attached hydrogen (secondary N) is 1. The molecule has 0 radical (unpaired) electrons. The number of unbranched alkanes of at least 4 members (excludes halogenated alkanes) is 2. The van der Waals surface area contributed by atoms with Gasteiger partial charge in [-0.15, -0.1) is 0 Å². The first kappa shape index (κ1) is 14.8. The summed E-state index contributed by atoms with van der Waals surface area (Å²) in [5, 5.41) is 3.35. The van der Waals surface area contributed by atoms with Crippen molar-refractivity contribution in [1.82, 2.24) is 5.32 Å². The van der Waals surface area contributed by atoms with Crippen LogP contribution in [0.4, 0.5) is 0 Å². The van der Waals surface area contributed by atoms with Crippen LogP contribution in [-0.2, 0) is 4.79 Å². The molecule has 0 aromatic rings. The van der Waals surface area contributed by atoms with Gasteiger partial charge >= 0.3 is 0 Å². The fourth-order valence-electron chi connectivity index (χ4n) is 4.50. The lowest BCUT2D eigenvalue weighted by atomic mass is 9.68. The van der Waals surface area contributed by atoms with Crippen LogP contribution in [0, 0.1) is 16.7 Å². The second-order valence-corrected chi connectivity index (χ2v) is 7.51. The average molecular weight is 266 g/mol. The SMILES string of the molecule is CC12CCC(C1)C(C)(C)C2NC(=O)CCCCCN. The largest absolute Gasteiger partial charge is 0.352 e. The van der Waals surface area contributed by atoms with Crippen LogP contribution >= 0.6 is 0 Å². The Balaban J connectivity index is 1.86. The average Bonchev–Trinajstić information content (AvgIpc) is 2.82. The van der Waals surface area contributed by atoms with E-state index in [9.17, 15) is 4.79 Å². The Labute approximate surface area is 117 Å². The molecule has 0 heterocycles. The minimum absolute atomic E-state index is 0.240. The fraction of sp³-hybridized carbons (Fsp3) is 0.938. The third kappa shape index (κ3) is 2.81. The highest BCUT2D eigenvalue weighted by molar-refractivity contribution is 5.76. The molecule has 2 aliphatic rings. The Hall–Kier alpha value is -0.570. The van der Waals surface area contributed by atoms with Crippen molar-refractivity contribution in [3.8, 4) is 0 Å².